The monoisotopic (exact) mass is 323 g/mol. The van der Waals surface area contributed by atoms with Gasteiger partial charge in [0.15, 0.2) is 6.29 Å². The number of ether oxygens (including phenoxy) is 2. The molecule has 0 aromatic carbocycles. The molecule has 0 amide bonds. The highest BCUT2D eigenvalue weighted by atomic mass is 16.7. The summed E-state index contributed by atoms with van der Waals surface area (Å²) in [6.07, 6.45) is -8.36. The summed E-state index contributed by atoms with van der Waals surface area (Å²) in [6.45, 7) is -0.544. The van der Waals surface area contributed by atoms with Crippen molar-refractivity contribution in [2.45, 2.75) is 67.5 Å². The Hall–Kier alpha value is -0.400. The number of hydrogen-bond acceptors (Lipinski definition) is 10. The van der Waals surface area contributed by atoms with Crippen LogP contribution in [0.1, 0.15) is 6.42 Å². The summed E-state index contributed by atoms with van der Waals surface area (Å²) in [5.41, 5.74) is 17.3. The smallest absolute Gasteiger partial charge is 0.176 e. The molecule has 2 fully saturated rings. The second kappa shape index (κ2) is 7.01. The van der Waals surface area contributed by atoms with Crippen LogP contribution >= 0.6 is 0 Å². The lowest BCUT2D eigenvalue weighted by Gasteiger charge is -2.45. The zero-order valence-electron chi connectivity index (χ0n) is 12.0. The van der Waals surface area contributed by atoms with Crippen LogP contribution in [-0.4, -0.2) is 93.2 Å². The summed E-state index contributed by atoms with van der Waals surface area (Å²) >= 11 is 0. The summed E-state index contributed by atoms with van der Waals surface area (Å²) in [7, 11) is 0. The first-order valence-electron chi connectivity index (χ1n) is 7.18. The Morgan fingerprint density at radius 2 is 1.55 bits per heavy atom. The van der Waals surface area contributed by atoms with Crippen molar-refractivity contribution >= 4 is 0 Å². The van der Waals surface area contributed by atoms with E-state index < -0.39 is 67.6 Å². The molecule has 11 N–H and O–H groups in total. The van der Waals surface area contributed by atoms with Crippen molar-refractivity contribution in [1.82, 2.24) is 0 Å². The van der Waals surface area contributed by atoms with Gasteiger partial charge < -0.3 is 52.2 Å². The van der Waals surface area contributed by atoms with Gasteiger partial charge in [0.25, 0.3) is 0 Å². The molecule has 0 unspecified atom stereocenters. The SMILES string of the molecule is N[C@H]1[C@@H](O[C@H]2[C@H](O)[C@@H](O)[C@H](N)C[C@@H]2N)O[C@H](CO)[C@@H](O)[C@@H]1O. The van der Waals surface area contributed by atoms with Crippen molar-refractivity contribution in [2.24, 2.45) is 17.2 Å². The molecule has 2 aliphatic rings. The minimum Gasteiger partial charge on any atom is -0.394 e. The first kappa shape index (κ1) is 17.9. The summed E-state index contributed by atoms with van der Waals surface area (Å²) in [5, 5.41) is 48.6. The van der Waals surface area contributed by atoms with Gasteiger partial charge in [0, 0.05) is 12.1 Å². The van der Waals surface area contributed by atoms with Crippen LogP contribution in [0.15, 0.2) is 0 Å². The van der Waals surface area contributed by atoms with E-state index in [1.54, 1.807) is 0 Å². The average Bonchev–Trinajstić information content (AvgIpc) is 2.49. The van der Waals surface area contributed by atoms with Crippen LogP contribution in [0.5, 0.6) is 0 Å². The maximum absolute atomic E-state index is 10.0. The average molecular weight is 323 g/mol. The van der Waals surface area contributed by atoms with Gasteiger partial charge in [0.2, 0.25) is 0 Å². The van der Waals surface area contributed by atoms with Crippen LogP contribution in [0.3, 0.4) is 0 Å². The molecule has 130 valence electrons. The Labute approximate surface area is 127 Å². The molecule has 1 saturated carbocycles. The lowest BCUT2D eigenvalue weighted by molar-refractivity contribution is -0.293. The molecule has 0 spiro atoms. The fourth-order valence-corrected chi connectivity index (χ4v) is 2.85. The molecule has 1 aliphatic carbocycles. The van der Waals surface area contributed by atoms with Gasteiger partial charge in [-0.05, 0) is 6.42 Å². The Kier molecular flexibility index (Phi) is 5.72. The zero-order valence-corrected chi connectivity index (χ0v) is 12.0. The predicted molar refractivity (Wildman–Crippen MR) is 73.2 cm³/mol. The Morgan fingerprint density at radius 3 is 2.14 bits per heavy atom. The molecule has 10 heteroatoms. The molecular formula is C12H25N3O7. The minimum absolute atomic E-state index is 0.222. The lowest BCUT2D eigenvalue weighted by Crippen LogP contribution is -2.67. The summed E-state index contributed by atoms with van der Waals surface area (Å²) in [4.78, 5) is 0. The van der Waals surface area contributed by atoms with Gasteiger partial charge in [-0.25, -0.2) is 0 Å². The highest BCUT2D eigenvalue weighted by Gasteiger charge is 2.47. The summed E-state index contributed by atoms with van der Waals surface area (Å²) in [5.74, 6) is 0. The highest BCUT2D eigenvalue weighted by Crippen LogP contribution is 2.27. The van der Waals surface area contributed by atoms with Crippen molar-refractivity contribution in [2.75, 3.05) is 6.61 Å². The normalized spacial score (nSPS) is 53.5. The van der Waals surface area contributed by atoms with Crippen LogP contribution in [-0.2, 0) is 9.47 Å². The van der Waals surface area contributed by atoms with Crippen molar-refractivity contribution in [1.29, 1.82) is 0 Å². The van der Waals surface area contributed by atoms with E-state index in [-0.39, 0.29) is 6.42 Å². The molecule has 0 aromatic heterocycles. The van der Waals surface area contributed by atoms with Crippen molar-refractivity contribution in [3.63, 3.8) is 0 Å². The first-order valence-corrected chi connectivity index (χ1v) is 7.18. The maximum Gasteiger partial charge on any atom is 0.176 e. The largest absolute Gasteiger partial charge is 0.394 e. The fourth-order valence-electron chi connectivity index (χ4n) is 2.85. The third-order valence-corrected chi connectivity index (χ3v) is 4.31. The molecular weight excluding hydrogens is 298 g/mol. The first-order chi connectivity index (χ1) is 10.3. The number of nitrogens with two attached hydrogens (primary N) is 3. The van der Waals surface area contributed by atoms with Crippen molar-refractivity contribution < 1.29 is 35.0 Å². The van der Waals surface area contributed by atoms with E-state index >= 15 is 0 Å². The number of aliphatic hydroxyl groups excluding tert-OH is 5. The van der Waals surface area contributed by atoms with Gasteiger partial charge in [-0.2, -0.15) is 0 Å². The zero-order chi connectivity index (χ0) is 16.6. The van der Waals surface area contributed by atoms with E-state index in [1.165, 1.54) is 0 Å². The molecule has 1 aliphatic heterocycles. The van der Waals surface area contributed by atoms with Gasteiger partial charge in [-0.3, -0.25) is 0 Å². The van der Waals surface area contributed by atoms with Crippen molar-refractivity contribution in [3.8, 4) is 0 Å². The van der Waals surface area contributed by atoms with Crippen LogP contribution in [0.4, 0.5) is 0 Å². The topological polar surface area (TPSA) is 198 Å². The highest BCUT2D eigenvalue weighted by molar-refractivity contribution is 4.99. The third kappa shape index (κ3) is 3.26. The van der Waals surface area contributed by atoms with Gasteiger partial charge >= 0.3 is 0 Å². The number of aliphatic hydroxyl groups is 5. The minimum atomic E-state index is -1.37. The molecule has 1 saturated heterocycles. The molecule has 0 aromatic rings. The molecule has 10 atom stereocenters. The molecule has 0 bridgehead atoms. The molecule has 0 radical (unpaired) electrons. The van der Waals surface area contributed by atoms with E-state index in [4.69, 9.17) is 31.8 Å². The number of rotatable bonds is 3. The molecule has 2 rings (SSSR count). The van der Waals surface area contributed by atoms with Gasteiger partial charge in [0.05, 0.1) is 18.8 Å². The fraction of sp³-hybridized carbons (Fsp3) is 1.00. The Balaban J connectivity index is 2.08. The second-order valence-electron chi connectivity index (χ2n) is 5.93. The van der Waals surface area contributed by atoms with Crippen molar-refractivity contribution in [3.05, 3.63) is 0 Å². The van der Waals surface area contributed by atoms with E-state index in [1.807, 2.05) is 0 Å². The van der Waals surface area contributed by atoms with Gasteiger partial charge in [0.1, 0.15) is 30.5 Å². The van der Waals surface area contributed by atoms with Crippen LogP contribution in [0.25, 0.3) is 0 Å². The summed E-state index contributed by atoms with van der Waals surface area (Å²) < 4.78 is 10.8. The van der Waals surface area contributed by atoms with Crippen LogP contribution < -0.4 is 17.2 Å². The Bertz CT molecular complexity index is 375. The van der Waals surface area contributed by atoms with Gasteiger partial charge in [-0.1, -0.05) is 0 Å². The predicted octanol–water partition coefficient (Wildman–Crippen LogP) is -5.08. The Morgan fingerprint density at radius 1 is 0.909 bits per heavy atom. The van der Waals surface area contributed by atoms with E-state index in [0.29, 0.717) is 0 Å². The molecule has 10 nitrogen and oxygen atoms in total. The molecule has 22 heavy (non-hydrogen) atoms. The third-order valence-electron chi connectivity index (χ3n) is 4.31. The second-order valence-corrected chi connectivity index (χ2v) is 5.93. The lowest BCUT2D eigenvalue weighted by atomic mass is 9.84. The van der Waals surface area contributed by atoms with E-state index in [2.05, 4.69) is 0 Å². The van der Waals surface area contributed by atoms with Crippen LogP contribution in [0, 0.1) is 0 Å². The maximum atomic E-state index is 10.0. The standard InChI is InChI=1S/C12H25N3O7/c13-3-1-4(14)11(10(20)7(3)17)22-12-6(15)9(19)8(18)5(2-16)21-12/h3-12,16-20H,1-2,13-15H2/t3-,4+,5-,6-,7+,8-,9-,10-,11-,12-/m1/s1. The quantitative estimate of drug-likeness (QED) is 0.248. The van der Waals surface area contributed by atoms with Crippen LogP contribution in [0.2, 0.25) is 0 Å². The van der Waals surface area contributed by atoms with Gasteiger partial charge in [-0.15, -0.1) is 0 Å². The van der Waals surface area contributed by atoms with E-state index in [9.17, 15) is 20.4 Å². The number of hydrogen-bond donors (Lipinski definition) is 8. The van der Waals surface area contributed by atoms with E-state index in [0.717, 1.165) is 0 Å². The molecule has 1 heterocycles. The summed E-state index contributed by atoms with van der Waals surface area (Å²) in [6, 6.07) is -2.45.